The molecule has 2 fully saturated rings. The fourth-order valence-electron chi connectivity index (χ4n) is 4.09. The van der Waals surface area contributed by atoms with E-state index in [1.54, 1.807) is 0 Å². The third-order valence-corrected chi connectivity index (χ3v) is 5.54. The van der Waals surface area contributed by atoms with Crippen LogP contribution in [0.15, 0.2) is 10.8 Å². The smallest absolute Gasteiger partial charge is 0.276 e. The normalized spacial score (nSPS) is 21.2. The van der Waals surface area contributed by atoms with Gasteiger partial charge in [0, 0.05) is 38.1 Å². The van der Waals surface area contributed by atoms with Crippen molar-refractivity contribution in [1.82, 2.24) is 19.7 Å². The van der Waals surface area contributed by atoms with Crippen molar-refractivity contribution in [2.45, 2.75) is 52.0 Å². The molecule has 0 bridgehead atoms. The second-order valence-electron chi connectivity index (χ2n) is 7.62. The molecule has 0 unspecified atom stereocenters. The molecule has 3 heterocycles. The lowest BCUT2D eigenvalue weighted by Crippen LogP contribution is -2.54. The van der Waals surface area contributed by atoms with Crippen molar-refractivity contribution in [3.8, 4) is 0 Å². The number of likely N-dealkylation sites (tertiary alicyclic amines) is 1. The number of oxazole rings is 1. The van der Waals surface area contributed by atoms with E-state index in [9.17, 15) is 4.79 Å². The number of amides is 1. The Morgan fingerprint density at radius 3 is 2.48 bits per heavy atom. The second-order valence-corrected chi connectivity index (χ2v) is 7.62. The van der Waals surface area contributed by atoms with Gasteiger partial charge in [-0.05, 0) is 38.9 Å². The van der Waals surface area contributed by atoms with Crippen molar-refractivity contribution >= 4 is 5.91 Å². The molecule has 1 aromatic rings. The van der Waals surface area contributed by atoms with E-state index in [4.69, 9.17) is 4.42 Å². The van der Waals surface area contributed by atoms with Crippen molar-refractivity contribution < 1.29 is 9.21 Å². The third kappa shape index (κ3) is 4.23. The maximum Gasteiger partial charge on any atom is 0.276 e. The number of piperidine rings is 1. The predicted octanol–water partition coefficient (Wildman–Crippen LogP) is 2.43. The quantitative estimate of drug-likeness (QED) is 0.818. The Kier molecular flexibility index (Phi) is 6.12. The molecule has 0 saturated carbocycles. The number of rotatable bonds is 5. The molecular formula is C19H32N4O2. The highest BCUT2D eigenvalue weighted by atomic mass is 16.3. The Hall–Kier alpha value is -1.40. The molecule has 0 atom stereocenters. The molecule has 6 nitrogen and oxygen atoms in total. The van der Waals surface area contributed by atoms with Crippen molar-refractivity contribution in [1.29, 1.82) is 0 Å². The van der Waals surface area contributed by atoms with Gasteiger partial charge in [0.05, 0.1) is 0 Å². The van der Waals surface area contributed by atoms with Gasteiger partial charge in [-0.1, -0.05) is 20.8 Å². The van der Waals surface area contributed by atoms with E-state index in [0.29, 0.717) is 17.5 Å². The third-order valence-electron chi connectivity index (χ3n) is 5.54. The Bertz CT molecular complexity index is 556. The van der Waals surface area contributed by atoms with E-state index in [1.807, 2.05) is 18.7 Å². The molecule has 25 heavy (non-hydrogen) atoms. The van der Waals surface area contributed by atoms with Crippen molar-refractivity contribution in [2.24, 2.45) is 0 Å². The van der Waals surface area contributed by atoms with Crippen LogP contribution in [0.5, 0.6) is 0 Å². The number of nitrogens with zero attached hydrogens (tertiary/aromatic N) is 4. The summed E-state index contributed by atoms with van der Waals surface area (Å²) in [5.41, 5.74) is 0.497. The average Bonchev–Trinajstić information content (AvgIpc) is 3.12. The molecule has 0 radical (unpaired) electrons. The maximum atomic E-state index is 12.8. The first-order chi connectivity index (χ1) is 12.1. The van der Waals surface area contributed by atoms with Crippen molar-refractivity contribution in [3.05, 3.63) is 17.8 Å². The van der Waals surface area contributed by atoms with E-state index in [2.05, 4.69) is 21.7 Å². The van der Waals surface area contributed by atoms with Gasteiger partial charge in [-0.3, -0.25) is 9.69 Å². The van der Waals surface area contributed by atoms with Gasteiger partial charge >= 0.3 is 0 Å². The standard InChI is InChI=1S/C19H32N4O2/c1-4-7-21-8-5-16(6-9-21)22-10-12-23(13-11-22)19(24)17-18(15(2)3)25-14-20-17/h14-16H,4-13H2,1-3H3. The summed E-state index contributed by atoms with van der Waals surface area (Å²) in [5, 5.41) is 0. The van der Waals surface area contributed by atoms with E-state index < -0.39 is 0 Å². The van der Waals surface area contributed by atoms with E-state index >= 15 is 0 Å². The lowest BCUT2D eigenvalue weighted by Gasteiger charge is -2.42. The summed E-state index contributed by atoms with van der Waals surface area (Å²) in [5.74, 6) is 0.904. The summed E-state index contributed by atoms with van der Waals surface area (Å²) in [4.78, 5) is 24.0. The summed E-state index contributed by atoms with van der Waals surface area (Å²) in [7, 11) is 0. The molecule has 140 valence electrons. The van der Waals surface area contributed by atoms with Crippen LogP contribution in [0.25, 0.3) is 0 Å². The van der Waals surface area contributed by atoms with Crippen LogP contribution in [0, 0.1) is 0 Å². The van der Waals surface area contributed by atoms with Crippen LogP contribution in [0.3, 0.4) is 0 Å². The van der Waals surface area contributed by atoms with Crippen molar-refractivity contribution in [2.75, 3.05) is 45.8 Å². The number of hydrogen-bond acceptors (Lipinski definition) is 5. The first-order valence-electron chi connectivity index (χ1n) is 9.79. The highest BCUT2D eigenvalue weighted by Crippen LogP contribution is 2.22. The predicted molar refractivity (Wildman–Crippen MR) is 97.8 cm³/mol. The molecule has 6 heteroatoms. The number of aromatic nitrogens is 1. The van der Waals surface area contributed by atoms with Crippen LogP contribution >= 0.6 is 0 Å². The van der Waals surface area contributed by atoms with Crippen LogP contribution in [0.1, 0.15) is 62.2 Å². The lowest BCUT2D eigenvalue weighted by atomic mass is 10.0. The summed E-state index contributed by atoms with van der Waals surface area (Å²) in [6, 6.07) is 0.684. The molecule has 0 aliphatic carbocycles. The van der Waals surface area contributed by atoms with Crippen LogP contribution in [0.4, 0.5) is 0 Å². The SMILES string of the molecule is CCCN1CCC(N2CCN(C(=O)c3ncoc3C(C)C)CC2)CC1. The van der Waals surface area contributed by atoms with E-state index in [0.717, 1.165) is 26.2 Å². The highest BCUT2D eigenvalue weighted by Gasteiger charge is 2.31. The molecule has 2 saturated heterocycles. The minimum Gasteiger partial charge on any atom is -0.447 e. The van der Waals surface area contributed by atoms with Gasteiger partial charge in [0.2, 0.25) is 0 Å². The topological polar surface area (TPSA) is 52.8 Å². The van der Waals surface area contributed by atoms with Crippen LogP contribution in [0.2, 0.25) is 0 Å². The van der Waals surface area contributed by atoms with E-state index in [-0.39, 0.29) is 11.8 Å². The first kappa shape index (κ1) is 18.4. The molecule has 2 aliphatic heterocycles. The fourth-order valence-corrected chi connectivity index (χ4v) is 4.09. The van der Waals surface area contributed by atoms with Gasteiger partial charge in [0.1, 0.15) is 5.76 Å². The molecule has 0 aromatic carbocycles. The zero-order chi connectivity index (χ0) is 17.8. The van der Waals surface area contributed by atoms with Crippen LogP contribution in [-0.2, 0) is 0 Å². The van der Waals surface area contributed by atoms with Gasteiger partial charge in [-0.15, -0.1) is 0 Å². The van der Waals surface area contributed by atoms with Crippen LogP contribution < -0.4 is 0 Å². The molecule has 2 aliphatic rings. The van der Waals surface area contributed by atoms with Gasteiger partial charge < -0.3 is 14.2 Å². The molecule has 1 aromatic heterocycles. The monoisotopic (exact) mass is 348 g/mol. The Morgan fingerprint density at radius 1 is 1.20 bits per heavy atom. The summed E-state index contributed by atoms with van der Waals surface area (Å²) in [6.07, 6.45) is 5.15. The summed E-state index contributed by atoms with van der Waals surface area (Å²) in [6.45, 7) is 13.5. The molecule has 0 spiro atoms. The highest BCUT2D eigenvalue weighted by molar-refractivity contribution is 5.93. The fraction of sp³-hybridized carbons (Fsp3) is 0.789. The lowest BCUT2D eigenvalue weighted by molar-refractivity contribution is 0.0447. The van der Waals surface area contributed by atoms with Crippen LogP contribution in [-0.4, -0.2) is 77.4 Å². The summed E-state index contributed by atoms with van der Waals surface area (Å²) < 4.78 is 5.41. The molecular weight excluding hydrogens is 316 g/mol. The summed E-state index contributed by atoms with van der Waals surface area (Å²) >= 11 is 0. The zero-order valence-electron chi connectivity index (χ0n) is 15.9. The van der Waals surface area contributed by atoms with Gasteiger partial charge in [0.25, 0.3) is 5.91 Å². The maximum absolute atomic E-state index is 12.8. The molecule has 1 amide bonds. The Balaban J connectivity index is 1.50. The number of hydrogen-bond donors (Lipinski definition) is 0. The zero-order valence-corrected chi connectivity index (χ0v) is 15.9. The van der Waals surface area contributed by atoms with Crippen molar-refractivity contribution in [3.63, 3.8) is 0 Å². The minimum absolute atomic E-state index is 0.0230. The minimum atomic E-state index is 0.0230. The molecule has 0 N–H and O–H groups in total. The van der Waals surface area contributed by atoms with Gasteiger partial charge in [-0.2, -0.15) is 0 Å². The molecule has 3 rings (SSSR count). The van der Waals surface area contributed by atoms with E-state index in [1.165, 1.54) is 45.3 Å². The number of carbonyl (C=O) groups is 1. The largest absolute Gasteiger partial charge is 0.447 e. The van der Waals surface area contributed by atoms with Gasteiger partial charge in [0.15, 0.2) is 12.1 Å². The van der Waals surface area contributed by atoms with Gasteiger partial charge in [-0.25, -0.2) is 4.98 Å². The first-order valence-corrected chi connectivity index (χ1v) is 9.79. The average molecular weight is 348 g/mol. The Labute approximate surface area is 151 Å². The second kappa shape index (κ2) is 8.32. The Morgan fingerprint density at radius 2 is 1.88 bits per heavy atom. The number of piperazine rings is 1. The number of carbonyl (C=O) groups excluding carboxylic acids is 1.